The minimum Gasteiger partial charge on any atom is -0.448 e. The second-order valence-corrected chi connectivity index (χ2v) is 6.32. The molecule has 2 aliphatic heterocycles. The van der Waals surface area contributed by atoms with Gasteiger partial charge in [-0.1, -0.05) is 0 Å². The molecule has 0 aliphatic carbocycles. The number of alkyl carbamates (subject to hydrolysis) is 1. The number of aliphatic hydroxyl groups is 1. The average Bonchev–Trinajstić information content (AvgIpc) is 3.00. The van der Waals surface area contributed by atoms with Crippen molar-refractivity contribution < 1.29 is 19.4 Å². The highest BCUT2D eigenvalue weighted by Gasteiger charge is 2.49. The molecule has 21 heavy (non-hydrogen) atoms. The number of nitrogens with one attached hydrogen (secondary N) is 1. The van der Waals surface area contributed by atoms with Crippen molar-refractivity contribution in [1.82, 2.24) is 10.2 Å². The van der Waals surface area contributed by atoms with Gasteiger partial charge in [0, 0.05) is 18.1 Å². The number of fused-ring (bicyclic) bond motifs is 1. The maximum atomic E-state index is 11.5. The number of nitrogens with zero attached hydrogens (tertiary/aromatic N) is 1. The largest absolute Gasteiger partial charge is 0.448 e. The molecule has 0 spiro atoms. The fourth-order valence-corrected chi connectivity index (χ4v) is 3.49. The normalized spacial score (nSPS) is 28.9. The van der Waals surface area contributed by atoms with Gasteiger partial charge in [0.1, 0.15) is 6.61 Å². The van der Waals surface area contributed by atoms with Crippen LogP contribution in [0.5, 0.6) is 0 Å². The Kier molecular flexibility index (Phi) is 5.84. The standard InChI is InChI=1S/C15H28N2O4/c1-12(2)21-11-15-5-3-8-17(15)13(4-6-15)10-20-14(19)16-7-9-18/h12-13,18H,3-11H2,1-2H3,(H,16,19)/t13-,15?/m1/s1. The lowest BCUT2D eigenvalue weighted by molar-refractivity contribution is -0.0112. The smallest absolute Gasteiger partial charge is 0.407 e. The fourth-order valence-electron chi connectivity index (χ4n) is 3.49. The van der Waals surface area contributed by atoms with Crippen LogP contribution in [0.3, 0.4) is 0 Å². The molecule has 122 valence electrons. The third-order valence-electron chi connectivity index (χ3n) is 4.51. The van der Waals surface area contributed by atoms with E-state index < -0.39 is 6.09 Å². The SMILES string of the molecule is CC(C)OCC12CCCN1[C@@H](COC(=O)NCCO)CC2. The van der Waals surface area contributed by atoms with Crippen molar-refractivity contribution in [2.24, 2.45) is 0 Å². The van der Waals surface area contributed by atoms with Gasteiger partial charge in [0.05, 0.1) is 19.3 Å². The summed E-state index contributed by atoms with van der Waals surface area (Å²) in [6, 6.07) is 0.295. The summed E-state index contributed by atoms with van der Waals surface area (Å²) in [6.45, 7) is 6.56. The Bertz CT molecular complexity index is 351. The maximum absolute atomic E-state index is 11.5. The minimum atomic E-state index is -0.445. The first-order valence-electron chi connectivity index (χ1n) is 7.97. The van der Waals surface area contributed by atoms with Crippen LogP contribution in [0.25, 0.3) is 0 Å². The molecule has 2 heterocycles. The zero-order chi connectivity index (χ0) is 15.3. The number of hydrogen-bond donors (Lipinski definition) is 2. The van der Waals surface area contributed by atoms with Gasteiger partial charge in [0.15, 0.2) is 0 Å². The molecule has 6 heteroatoms. The molecule has 1 amide bonds. The molecule has 2 rings (SSSR count). The monoisotopic (exact) mass is 300 g/mol. The molecule has 0 aromatic carbocycles. The van der Waals surface area contributed by atoms with Crippen LogP contribution >= 0.6 is 0 Å². The first-order valence-corrected chi connectivity index (χ1v) is 7.97. The van der Waals surface area contributed by atoms with Gasteiger partial charge in [-0.25, -0.2) is 4.79 Å². The lowest BCUT2D eigenvalue weighted by Crippen LogP contribution is -2.47. The highest BCUT2D eigenvalue weighted by Crippen LogP contribution is 2.42. The fraction of sp³-hybridized carbons (Fsp3) is 0.933. The third-order valence-corrected chi connectivity index (χ3v) is 4.51. The Morgan fingerprint density at radius 1 is 1.48 bits per heavy atom. The predicted octanol–water partition coefficient (Wildman–Crippen LogP) is 1.13. The first-order chi connectivity index (χ1) is 10.1. The summed E-state index contributed by atoms with van der Waals surface area (Å²) in [4.78, 5) is 13.9. The highest BCUT2D eigenvalue weighted by molar-refractivity contribution is 5.67. The van der Waals surface area contributed by atoms with Crippen molar-refractivity contribution in [3.63, 3.8) is 0 Å². The van der Waals surface area contributed by atoms with Crippen LogP contribution in [0.1, 0.15) is 39.5 Å². The predicted molar refractivity (Wildman–Crippen MR) is 79.2 cm³/mol. The van der Waals surface area contributed by atoms with Crippen LogP contribution in [-0.2, 0) is 9.47 Å². The topological polar surface area (TPSA) is 71.0 Å². The van der Waals surface area contributed by atoms with Gasteiger partial charge in [-0.3, -0.25) is 4.90 Å². The molecule has 0 radical (unpaired) electrons. The molecule has 0 saturated carbocycles. The molecular weight excluding hydrogens is 272 g/mol. The number of carbonyl (C=O) groups excluding carboxylic acids is 1. The number of ether oxygens (including phenoxy) is 2. The van der Waals surface area contributed by atoms with Gasteiger partial charge in [-0.05, 0) is 46.1 Å². The second-order valence-electron chi connectivity index (χ2n) is 6.32. The summed E-state index contributed by atoms with van der Waals surface area (Å²) >= 11 is 0. The number of hydrogen-bond acceptors (Lipinski definition) is 5. The van der Waals surface area contributed by atoms with Gasteiger partial charge >= 0.3 is 6.09 Å². The number of rotatable bonds is 7. The average molecular weight is 300 g/mol. The number of amides is 1. The first kappa shape index (κ1) is 16.5. The molecule has 2 fully saturated rings. The highest BCUT2D eigenvalue weighted by atomic mass is 16.5. The van der Waals surface area contributed by atoms with Crippen LogP contribution < -0.4 is 5.32 Å². The van der Waals surface area contributed by atoms with Crippen molar-refractivity contribution in [2.45, 2.75) is 57.2 Å². The Morgan fingerprint density at radius 2 is 2.29 bits per heavy atom. The van der Waals surface area contributed by atoms with E-state index in [9.17, 15) is 4.79 Å². The van der Waals surface area contributed by atoms with Gasteiger partial charge < -0.3 is 19.9 Å². The maximum Gasteiger partial charge on any atom is 0.407 e. The molecule has 6 nitrogen and oxygen atoms in total. The molecule has 2 saturated heterocycles. The number of carbonyl (C=O) groups is 1. The summed E-state index contributed by atoms with van der Waals surface area (Å²) < 4.78 is 11.1. The molecule has 2 aliphatic rings. The van der Waals surface area contributed by atoms with Crippen LogP contribution in [0.15, 0.2) is 0 Å². The summed E-state index contributed by atoms with van der Waals surface area (Å²) in [5, 5.41) is 11.2. The summed E-state index contributed by atoms with van der Waals surface area (Å²) in [6.07, 6.45) is 4.34. The van der Waals surface area contributed by atoms with Crippen LogP contribution in [0.2, 0.25) is 0 Å². The summed E-state index contributed by atoms with van der Waals surface area (Å²) in [5.74, 6) is 0. The number of aliphatic hydroxyl groups excluding tert-OH is 1. The lowest BCUT2D eigenvalue weighted by atomic mass is 9.95. The van der Waals surface area contributed by atoms with Crippen molar-refractivity contribution in [1.29, 1.82) is 0 Å². The third kappa shape index (κ3) is 4.08. The zero-order valence-electron chi connectivity index (χ0n) is 13.1. The van der Waals surface area contributed by atoms with E-state index in [2.05, 4.69) is 24.1 Å². The molecule has 1 unspecified atom stereocenters. The second kappa shape index (κ2) is 7.42. The van der Waals surface area contributed by atoms with Crippen LogP contribution in [0.4, 0.5) is 4.79 Å². The van der Waals surface area contributed by atoms with Gasteiger partial charge in [-0.15, -0.1) is 0 Å². The zero-order valence-corrected chi connectivity index (χ0v) is 13.1. The van der Waals surface area contributed by atoms with Gasteiger partial charge in [-0.2, -0.15) is 0 Å². The Morgan fingerprint density at radius 3 is 3.00 bits per heavy atom. The summed E-state index contributed by atoms with van der Waals surface area (Å²) in [5.41, 5.74) is 0.153. The van der Waals surface area contributed by atoms with E-state index in [0.717, 1.165) is 26.0 Å². The van der Waals surface area contributed by atoms with E-state index in [1.165, 1.54) is 12.8 Å². The molecule has 2 N–H and O–H groups in total. The van der Waals surface area contributed by atoms with Crippen molar-refractivity contribution in [3.05, 3.63) is 0 Å². The summed E-state index contributed by atoms with van der Waals surface area (Å²) in [7, 11) is 0. The van der Waals surface area contributed by atoms with Crippen molar-refractivity contribution in [3.8, 4) is 0 Å². The molecule has 0 bridgehead atoms. The molecule has 0 aromatic rings. The Hall–Kier alpha value is -0.850. The minimum absolute atomic E-state index is 0.0691. The molecule has 2 atom stereocenters. The van der Waals surface area contributed by atoms with Crippen molar-refractivity contribution >= 4 is 6.09 Å². The quantitative estimate of drug-likeness (QED) is 0.737. The molecule has 0 aromatic heterocycles. The van der Waals surface area contributed by atoms with E-state index in [1.807, 2.05) is 0 Å². The van der Waals surface area contributed by atoms with E-state index >= 15 is 0 Å². The van der Waals surface area contributed by atoms with Crippen molar-refractivity contribution in [2.75, 3.05) is 32.9 Å². The van der Waals surface area contributed by atoms with Crippen LogP contribution in [-0.4, -0.2) is 66.7 Å². The van der Waals surface area contributed by atoms with E-state index in [-0.39, 0.29) is 24.8 Å². The molecular formula is C15H28N2O4. The Labute approximate surface area is 126 Å². The van der Waals surface area contributed by atoms with E-state index in [4.69, 9.17) is 14.6 Å². The Balaban J connectivity index is 1.82. The van der Waals surface area contributed by atoms with Gasteiger partial charge in [0.2, 0.25) is 0 Å². The van der Waals surface area contributed by atoms with Gasteiger partial charge in [0.25, 0.3) is 0 Å². The van der Waals surface area contributed by atoms with E-state index in [1.54, 1.807) is 0 Å². The lowest BCUT2D eigenvalue weighted by Gasteiger charge is -2.35. The van der Waals surface area contributed by atoms with Crippen LogP contribution in [0, 0.1) is 0 Å². The van der Waals surface area contributed by atoms with E-state index in [0.29, 0.717) is 12.6 Å².